The number of anilines is 1. The summed E-state index contributed by atoms with van der Waals surface area (Å²) >= 11 is 0. The lowest BCUT2D eigenvalue weighted by molar-refractivity contribution is 0.0644. The van der Waals surface area contributed by atoms with Crippen LogP contribution in [0.15, 0.2) is 47.1 Å². The molecule has 0 aliphatic carbocycles. The van der Waals surface area contributed by atoms with E-state index in [2.05, 4.69) is 22.0 Å². The molecule has 0 unspecified atom stereocenters. The number of para-hydroxylation sites is 1. The molecule has 0 bridgehead atoms. The van der Waals surface area contributed by atoms with E-state index < -0.39 is 0 Å². The molecule has 2 aliphatic heterocycles. The molecule has 160 valence electrons. The van der Waals surface area contributed by atoms with E-state index in [4.69, 9.17) is 4.42 Å². The summed E-state index contributed by atoms with van der Waals surface area (Å²) in [6.45, 7) is 8.23. The van der Waals surface area contributed by atoms with Gasteiger partial charge in [0, 0.05) is 51.0 Å². The number of nitrogens with one attached hydrogen (secondary N) is 1. The molecule has 4 rings (SSSR count). The third-order valence-electron chi connectivity index (χ3n) is 6.16. The second kappa shape index (κ2) is 9.34. The van der Waals surface area contributed by atoms with Crippen molar-refractivity contribution in [2.45, 2.75) is 25.8 Å². The topological polar surface area (TPSA) is 69.0 Å². The fraction of sp³-hybridized carbons (Fsp3) is 0.478. The average molecular weight is 411 g/mol. The molecule has 2 saturated heterocycles. The maximum atomic E-state index is 13.2. The van der Waals surface area contributed by atoms with Gasteiger partial charge in [-0.2, -0.15) is 0 Å². The summed E-state index contributed by atoms with van der Waals surface area (Å²) in [5.74, 6) is 0.298. The number of carbonyl (C=O) groups excluding carboxylic acids is 2. The standard InChI is InChI=1S/C23H30N4O3/c1-2-25-13-15-27(16-14-25)23(29)19-6-3-4-7-20(19)26-11-9-18(10-12-26)24-22(28)21-8-5-17-30-21/h3-8,17-18H,2,9-16H2,1H3,(H,24,28). The van der Waals surface area contributed by atoms with Gasteiger partial charge in [-0.3, -0.25) is 9.59 Å². The van der Waals surface area contributed by atoms with Crippen molar-refractivity contribution in [3.05, 3.63) is 54.0 Å². The van der Waals surface area contributed by atoms with Crippen LogP contribution in [0.3, 0.4) is 0 Å². The van der Waals surface area contributed by atoms with Crippen molar-refractivity contribution in [2.75, 3.05) is 50.7 Å². The van der Waals surface area contributed by atoms with E-state index in [0.29, 0.717) is 5.76 Å². The predicted molar refractivity (Wildman–Crippen MR) is 116 cm³/mol. The molecule has 2 aliphatic rings. The van der Waals surface area contributed by atoms with Gasteiger partial charge in [0.2, 0.25) is 0 Å². The number of nitrogens with zero attached hydrogens (tertiary/aromatic N) is 3. The zero-order valence-corrected chi connectivity index (χ0v) is 17.5. The van der Waals surface area contributed by atoms with Gasteiger partial charge in [0.15, 0.2) is 5.76 Å². The number of carbonyl (C=O) groups is 2. The number of piperidine rings is 1. The molecule has 1 N–H and O–H groups in total. The first-order valence-corrected chi connectivity index (χ1v) is 10.9. The Morgan fingerprint density at radius 2 is 1.73 bits per heavy atom. The molecule has 7 nitrogen and oxygen atoms in total. The first-order valence-electron chi connectivity index (χ1n) is 10.9. The third-order valence-corrected chi connectivity index (χ3v) is 6.16. The molecule has 0 spiro atoms. The minimum atomic E-state index is -0.166. The molecule has 30 heavy (non-hydrogen) atoms. The Kier molecular flexibility index (Phi) is 6.38. The summed E-state index contributed by atoms with van der Waals surface area (Å²) < 4.78 is 5.17. The second-order valence-electron chi connectivity index (χ2n) is 7.96. The molecule has 0 radical (unpaired) electrons. The number of piperazine rings is 1. The Labute approximate surface area is 177 Å². The van der Waals surface area contributed by atoms with Crippen molar-refractivity contribution in [1.29, 1.82) is 0 Å². The summed E-state index contributed by atoms with van der Waals surface area (Å²) in [5.41, 5.74) is 1.77. The minimum absolute atomic E-state index is 0.115. The molecule has 0 atom stereocenters. The van der Waals surface area contributed by atoms with Gasteiger partial charge in [0.1, 0.15) is 0 Å². The van der Waals surface area contributed by atoms with Crippen molar-refractivity contribution in [3.63, 3.8) is 0 Å². The van der Waals surface area contributed by atoms with E-state index in [1.165, 1.54) is 6.26 Å². The lowest BCUT2D eigenvalue weighted by Gasteiger charge is -2.37. The van der Waals surface area contributed by atoms with Crippen LogP contribution >= 0.6 is 0 Å². The first-order chi connectivity index (χ1) is 14.7. The summed E-state index contributed by atoms with van der Waals surface area (Å²) in [5, 5.41) is 3.05. The number of amides is 2. The van der Waals surface area contributed by atoms with Crippen LogP contribution in [0.4, 0.5) is 5.69 Å². The van der Waals surface area contributed by atoms with Crippen LogP contribution in [-0.2, 0) is 0 Å². The van der Waals surface area contributed by atoms with Crippen LogP contribution in [0.2, 0.25) is 0 Å². The highest BCUT2D eigenvalue weighted by Crippen LogP contribution is 2.26. The van der Waals surface area contributed by atoms with Crippen molar-refractivity contribution in [3.8, 4) is 0 Å². The zero-order valence-electron chi connectivity index (χ0n) is 17.5. The first kappa shape index (κ1) is 20.5. The lowest BCUT2D eigenvalue weighted by Crippen LogP contribution is -2.49. The highest BCUT2D eigenvalue weighted by molar-refractivity contribution is 6.00. The van der Waals surface area contributed by atoms with Crippen LogP contribution in [-0.4, -0.2) is 73.5 Å². The molecule has 0 saturated carbocycles. The lowest BCUT2D eigenvalue weighted by atomic mass is 10.0. The van der Waals surface area contributed by atoms with Gasteiger partial charge in [-0.1, -0.05) is 19.1 Å². The Morgan fingerprint density at radius 3 is 2.40 bits per heavy atom. The number of hydrogen-bond acceptors (Lipinski definition) is 5. The molecular formula is C23H30N4O3. The summed E-state index contributed by atoms with van der Waals surface area (Å²) in [7, 11) is 0. The molecule has 2 aromatic rings. The second-order valence-corrected chi connectivity index (χ2v) is 7.96. The maximum absolute atomic E-state index is 13.2. The van der Waals surface area contributed by atoms with Crippen LogP contribution in [0.1, 0.15) is 40.7 Å². The monoisotopic (exact) mass is 410 g/mol. The molecule has 2 amide bonds. The van der Waals surface area contributed by atoms with Crippen molar-refractivity contribution >= 4 is 17.5 Å². The van der Waals surface area contributed by atoms with Gasteiger partial charge in [-0.25, -0.2) is 0 Å². The quantitative estimate of drug-likeness (QED) is 0.820. The number of hydrogen-bond donors (Lipinski definition) is 1. The largest absolute Gasteiger partial charge is 0.459 e. The van der Waals surface area contributed by atoms with Gasteiger partial charge in [-0.15, -0.1) is 0 Å². The van der Waals surface area contributed by atoms with Crippen molar-refractivity contribution < 1.29 is 14.0 Å². The van der Waals surface area contributed by atoms with E-state index >= 15 is 0 Å². The van der Waals surface area contributed by atoms with Gasteiger partial charge >= 0.3 is 0 Å². The summed E-state index contributed by atoms with van der Waals surface area (Å²) in [6, 6.07) is 11.4. The molecular weight excluding hydrogens is 380 g/mol. The normalized spacial score (nSPS) is 18.4. The van der Waals surface area contributed by atoms with Gasteiger partial charge in [0.05, 0.1) is 11.8 Å². The minimum Gasteiger partial charge on any atom is -0.459 e. The van der Waals surface area contributed by atoms with Gasteiger partial charge in [-0.05, 0) is 43.7 Å². The molecule has 3 heterocycles. The molecule has 2 fully saturated rings. The van der Waals surface area contributed by atoms with E-state index in [1.807, 2.05) is 29.2 Å². The van der Waals surface area contributed by atoms with Crippen LogP contribution in [0, 0.1) is 0 Å². The molecule has 1 aromatic carbocycles. The van der Waals surface area contributed by atoms with Crippen LogP contribution in [0.5, 0.6) is 0 Å². The number of benzene rings is 1. The maximum Gasteiger partial charge on any atom is 0.287 e. The van der Waals surface area contributed by atoms with E-state index in [0.717, 1.165) is 69.9 Å². The van der Waals surface area contributed by atoms with Crippen LogP contribution < -0.4 is 10.2 Å². The number of furan rings is 1. The number of likely N-dealkylation sites (N-methyl/N-ethyl adjacent to an activating group) is 1. The van der Waals surface area contributed by atoms with Gasteiger partial charge < -0.3 is 24.4 Å². The van der Waals surface area contributed by atoms with Crippen molar-refractivity contribution in [1.82, 2.24) is 15.1 Å². The Morgan fingerprint density at radius 1 is 1.00 bits per heavy atom. The highest BCUT2D eigenvalue weighted by Gasteiger charge is 2.27. The fourth-order valence-corrected chi connectivity index (χ4v) is 4.30. The third kappa shape index (κ3) is 4.51. The number of rotatable bonds is 5. The van der Waals surface area contributed by atoms with Crippen molar-refractivity contribution in [2.24, 2.45) is 0 Å². The Hall–Kier alpha value is -2.80. The fourth-order valence-electron chi connectivity index (χ4n) is 4.30. The molecule has 7 heteroatoms. The Bertz CT molecular complexity index is 851. The molecule has 1 aromatic heterocycles. The zero-order chi connectivity index (χ0) is 20.9. The van der Waals surface area contributed by atoms with E-state index in [-0.39, 0.29) is 17.9 Å². The smallest absolute Gasteiger partial charge is 0.287 e. The van der Waals surface area contributed by atoms with Gasteiger partial charge in [0.25, 0.3) is 11.8 Å². The highest BCUT2D eigenvalue weighted by atomic mass is 16.3. The summed E-state index contributed by atoms with van der Waals surface area (Å²) in [4.78, 5) is 32.0. The summed E-state index contributed by atoms with van der Waals surface area (Å²) in [6.07, 6.45) is 3.18. The van der Waals surface area contributed by atoms with E-state index in [9.17, 15) is 9.59 Å². The van der Waals surface area contributed by atoms with E-state index in [1.54, 1.807) is 12.1 Å². The SMILES string of the molecule is CCN1CCN(C(=O)c2ccccc2N2CCC(NC(=O)c3ccco3)CC2)CC1. The predicted octanol–water partition coefficient (Wildman–Crippen LogP) is 2.46. The average Bonchev–Trinajstić information content (AvgIpc) is 3.34. The Balaban J connectivity index is 1.37. The van der Waals surface area contributed by atoms with Crippen LogP contribution in [0.25, 0.3) is 0 Å².